The Kier molecular flexibility index (Phi) is 5.35. The van der Waals surface area contributed by atoms with Crippen molar-refractivity contribution in [1.82, 2.24) is 4.72 Å². The molecule has 0 amide bonds. The topological polar surface area (TPSA) is 72.5 Å². The average molecular weight is 394 g/mol. The van der Waals surface area contributed by atoms with Crippen LogP contribution in [0.3, 0.4) is 0 Å². The first kappa shape index (κ1) is 19.2. The van der Waals surface area contributed by atoms with E-state index >= 15 is 0 Å². The monoisotopic (exact) mass is 393 g/mol. The predicted molar refractivity (Wildman–Crippen MR) is 103 cm³/mol. The van der Waals surface area contributed by atoms with Crippen LogP contribution in [0.5, 0.6) is 0 Å². The van der Waals surface area contributed by atoms with Crippen LogP contribution in [0.2, 0.25) is 0 Å². The molecule has 1 N–H and O–H groups in total. The van der Waals surface area contributed by atoms with Crippen molar-refractivity contribution in [3.8, 4) is 0 Å². The molecule has 0 radical (unpaired) electrons. The molecule has 0 spiro atoms. The highest BCUT2D eigenvalue weighted by Crippen LogP contribution is 2.35. The molecule has 0 heterocycles. The van der Waals surface area contributed by atoms with Gasteiger partial charge in [-0.3, -0.25) is 4.18 Å². The lowest BCUT2D eigenvalue weighted by atomic mass is 10.1. The van der Waals surface area contributed by atoms with Crippen LogP contribution in [-0.2, 0) is 31.7 Å². The van der Waals surface area contributed by atoms with Crippen molar-refractivity contribution in [3.05, 3.63) is 64.2 Å². The van der Waals surface area contributed by atoms with Gasteiger partial charge in [-0.1, -0.05) is 42.0 Å². The Morgan fingerprint density at radius 1 is 1.12 bits per heavy atom. The van der Waals surface area contributed by atoms with Gasteiger partial charge in [0.25, 0.3) is 0 Å². The molecule has 2 aromatic rings. The number of aryl methyl sites for hydroxylation is 3. The number of fused-ring (bicyclic) bond motifs is 1. The predicted octanol–water partition coefficient (Wildman–Crippen LogP) is 2.87. The normalized spacial score (nSPS) is 20.8. The lowest BCUT2D eigenvalue weighted by Crippen LogP contribution is -2.36. The van der Waals surface area contributed by atoms with Crippen LogP contribution >= 0.6 is 0 Å². The van der Waals surface area contributed by atoms with Crippen LogP contribution in [-0.4, -0.2) is 25.0 Å². The van der Waals surface area contributed by atoms with Crippen molar-refractivity contribution in [2.45, 2.75) is 44.2 Å². The second kappa shape index (κ2) is 7.23. The van der Waals surface area contributed by atoms with E-state index in [9.17, 15) is 12.6 Å². The van der Waals surface area contributed by atoms with E-state index in [1.54, 1.807) is 13.8 Å². The van der Waals surface area contributed by atoms with E-state index in [4.69, 9.17) is 4.18 Å². The number of rotatable bonds is 5. The zero-order chi connectivity index (χ0) is 19.1. The molecule has 0 fully saturated rings. The smallest absolute Gasteiger partial charge is 0.241 e. The zero-order valence-electron chi connectivity index (χ0n) is 15.3. The molecule has 3 rings (SSSR count). The van der Waals surface area contributed by atoms with Crippen molar-refractivity contribution in [2.75, 3.05) is 6.26 Å². The first-order valence-electron chi connectivity index (χ1n) is 8.37. The summed E-state index contributed by atoms with van der Waals surface area (Å²) < 4.78 is 46.2. The van der Waals surface area contributed by atoms with E-state index in [0.717, 1.165) is 16.7 Å². The maximum atomic E-state index is 13.1. The van der Waals surface area contributed by atoms with Crippen LogP contribution in [0.4, 0.5) is 0 Å². The number of nitrogens with one attached hydrogen (secondary N) is 1. The second-order valence-corrected chi connectivity index (χ2v) is 9.41. The largest absolute Gasteiger partial charge is 0.285 e. The number of benzene rings is 2. The maximum Gasteiger partial charge on any atom is 0.241 e. The first-order chi connectivity index (χ1) is 12.2. The molecule has 26 heavy (non-hydrogen) atoms. The van der Waals surface area contributed by atoms with E-state index in [1.165, 1.54) is 6.26 Å². The SMILES string of the molecule is Cc1cc(C)c(S(=O)(=O)N[C@@H]2c3ccccc3C[C@@H]2O[S@@](C)=O)c(C)c1. The molecule has 3 atom stereocenters. The van der Waals surface area contributed by atoms with Gasteiger partial charge in [0.15, 0.2) is 11.1 Å². The van der Waals surface area contributed by atoms with E-state index in [-0.39, 0.29) is 0 Å². The standard InChI is InChI=1S/C19H23NO4S2/c1-12-9-13(2)19(14(3)10-12)26(22,23)20-18-16-8-6-5-7-15(16)11-17(18)24-25(4)21/h5-10,17-18,20H,11H2,1-4H3/t17-,18+,25-/m0/s1. The second-order valence-electron chi connectivity index (χ2n) is 6.77. The van der Waals surface area contributed by atoms with E-state index in [1.807, 2.05) is 43.3 Å². The highest BCUT2D eigenvalue weighted by atomic mass is 32.2. The number of hydrogen-bond acceptors (Lipinski definition) is 4. The molecule has 1 aliphatic rings. The first-order valence-corrected chi connectivity index (χ1v) is 11.3. The van der Waals surface area contributed by atoms with Crippen molar-refractivity contribution in [1.29, 1.82) is 0 Å². The summed E-state index contributed by atoms with van der Waals surface area (Å²) in [6, 6.07) is 10.8. The van der Waals surface area contributed by atoms with Gasteiger partial charge >= 0.3 is 0 Å². The molecule has 0 unspecified atom stereocenters. The Balaban J connectivity index is 2.01. The van der Waals surface area contributed by atoms with Gasteiger partial charge in [0.05, 0.1) is 17.0 Å². The minimum atomic E-state index is -3.76. The summed E-state index contributed by atoms with van der Waals surface area (Å²) in [7, 11) is -3.76. The van der Waals surface area contributed by atoms with Crippen molar-refractivity contribution in [2.24, 2.45) is 0 Å². The minimum Gasteiger partial charge on any atom is -0.285 e. The highest BCUT2D eigenvalue weighted by Gasteiger charge is 2.37. The van der Waals surface area contributed by atoms with Gasteiger partial charge in [-0.25, -0.2) is 17.3 Å². The minimum absolute atomic E-state index is 0.295. The van der Waals surface area contributed by atoms with Crippen LogP contribution < -0.4 is 4.72 Å². The van der Waals surface area contributed by atoms with Gasteiger partial charge < -0.3 is 0 Å². The van der Waals surface area contributed by atoms with Crippen molar-refractivity contribution in [3.63, 3.8) is 0 Å². The fourth-order valence-electron chi connectivity index (χ4n) is 3.78. The van der Waals surface area contributed by atoms with Crippen molar-refractivity contribution >= 4 is 21.1 Å². The third-order valence-corrected chi connectivity index (χ3v) is 6.86. The Bertz CT molecular complexity index is 946. The molecular formula is C19H23NO4S2. The molecular weight excluding hydrogens is 370 g/mol. The van der Waals surface area contributed by atoms with E-state index < -0.39 is 33.2 Å². The summed E-state index contributed by atoms with van der Waals surface area (Å²) in [4.78, 5) is 0.295. The van der Waals surface area contributed by atoms with Crippen LogP contribution in [0, 0.1) is 20.8 Å². The van der Waals surface area contributed by atoms with Gasteiger partial charge in [0.1, 0.15) is 0 Å². The molecule has 0 aliphatic heterocycles. The summed E-state index contributed by atoms with van der Waals surface area (Å²) in [5.41, 5.74) is 4.31. The molecule has 0 saturated carbocycles. The summed E-state index contributed by atoms with van der Waals surface area (Å²) in [6.07, 6.45) is 1.47. The summed E-state index contributed by atoms with van der Waals surface area (Å²) >= 11 is -1.48. The molecule has 0 bridgehead atoms. The Labute approximate surface area is 157 Å². The number of sulfonamides is 1. The van der Waals surface area contributed by atoms with Crippen LogP contribution in [0.1, 0.15) is 33.9 Å². The fraction of sp³-hybridized carbons (Fsp3) is 0.368. The lowest BCUT2D eigenvalue weighted by Gasteiger charge is -2.22. The highest BCUT2D eigenvalue weighted by molar-refractivity contribution is 7.89. The molecule has 7 heteroatoms. The number of hydrogen-bond donors (Lipinski definition) is 1. The van der Waals surface area contributed by atoms with Crippen LogP contribution in [0.15, 0.2) is 41.3 Å². The van der Waals surface area contributed by atoms with Crippen LogP contribution in [0.25, 0.3) is 0 Å². The maximum absolute atomic E-state index is 13.1. The molecule has 1 aliphatic carbocycles. The molecule has 5 nitrogen and oxygen atoms in total. The average Bonchev–Trinajstić information content (AvgIpc) is 2.82. The molecule has 0 saturated heterocycles. The molecule has 0 aromatic heterocycles. The van der Waals surface area contributed by atoms with E-state index in [0.29, 0.717) is 22.4 Å². The zero-order valence-corrected chi connectivity index (χ0v) is 16.9. The van der Waals surface area contributed by atoms with Gasteiger partial charge in [0, 0.05) is 12.7 Å². The fourth-order valence-corrected chi connectivity index (χ4v) is 6.00. The van der Waals surface area contributed by atoms with Gasteiger partial charge in [-0.15, -0.1) is 0 Å². The Hall–Kier alpha value is -1.54. The Morgan fingerprint density at radius 3 is 2.35 bits per heavy atom. The lowest BCUT2D eigenvalue weighted by molar-refractivity contribution is 0.201. The summed E-state index contributed by atoms with van der Waals surface area (Å²) in [5, 5.41) is 0. The van der Waals surface area contributed by atoms with Gasteiger partial charge in [-0.2, -0.15) is 0 Å². The molecule has 2 aromatic carbocycles. The van der Waals surface area contributed by atoms with Gasteiger partial charge in [0.2, 0.25) is 10.0 Å². The van der Waals surface area contributed by atoms with Gasteiger partial charge in [-0.05, 0) is 43.0 Å². The van der Waals surface area contributed by atoms with Crippen molar-refractivity contribution < 1.29 is 16.8 Å². The summed E-state index contributed by atoms with van der Waals surface area (Å²) in [6.45, 7) is 5.54. The Morgan fingerprint density at radius 2 is 1.73 bits per heavy atom. The quantitative estimate of drug-likeness (QED) is 0.848. The third-order valence-electron chi connectivity index (χ3n) is 4.60. The summed E-state index contributed by atoms with van der Waals surface area (Å²) in [5.74, 6) is 0. The van der Waals surface area contributed by atoms with E-state index in [2.05, 4.69) is 4.72 Å². The third kappa shape index (κ3) is 3.76. The molecule has 140 valence electrons.